The number of likely N-dealkylation sites (tertiary alicyclic amines) is 1. The smallest absolute Gasteiger partial charge is 0.272 e. The number of nitro benzene ring substituents is 1. The van der Waals surface area contributed by atoms with Crippen LogP contribution in [0.5, 0.6) is 0 Å². The topological polar surface area (TPSA) is 46.4 Å². The molecule has 26 heavy (non-hydrogen) atoms. The summed E-state index contributed by atoms with van der Waals surface area (Å²) in [4.78, 5) is 13.6. The summed E-state index contributed by atoms with van der Waals surface area (Å²) in [6.45, 7) is 5.39. The number of benzene rings is 2. The van der Waals surface area contributed by atoms with Crippen molar-refractivity contribution < 1.29 is 4.92 Å². The van der Waals surface area contributed by atoms with Gasteiger partial charge in [-0.2, -0.15) is 0 Å². The van der Waals surface area contributed by atoms with E-state index in [1.165, 1.54) is 36.9 Å². The maximum absolute atomic E-state index is 11.2. The van der Waals surface area contributed by atoms with Crippen molar-refractivity contribution in [3.8, 4) is 11.1 Å². The van der Waals surface area contributed by atoms with E-state index in [0.29, 0.717) is 17.6 Å². The molecule has 1 aliphatic carbocycles. The quantitative estimate of drug-likeness (QED) is 0.583. The van der Waals surface area contributed by atoms with E-state index in [-0.39, 0.29) is 10.6 Å². The zero-order valence-electron chi connectivity index (χ0n) is 15.6. The maximum atomic E-state index is 11.2. The molecule has 2 aromatic rings. The molecule has 0 radical (unpaired) electrons. The highest BCUT2D eigenvalue weighted by Gasteiger charge is 2.30. The molecule has 1 saturated heterocycles. The molecule has 1 aliphatic heterocycles. The average Bonchev–Trinajstić information content (AvgIpc) is 3.07. The van der Waals surface area contributed by atoms with Gasteiger partial charge in [-0.15, -0.1) is 0 Å². The standard InChI is InChI=1S/C22H26N2O2/c1-15-5-6-20(14-22(15)24(25)26)17-7-8-19-13-21(10-9-18(19)12-17)23-11-3-4-16(23)2/h5-8,12,14,16,21H,3-4,9-11,13H2,1-2H3. The summed E-state index contributed by atoms with van der Waals surface area (Å²) in [7, 11) is 0. The first-order valence-electron chi connectivity index (χ1n) is 9.66. The highest BCUT2D eigenvalue weighted by atomic mass is 16.6. The minimum absolute atomic E-state index is 0.198. The lowest BCUT2D eigenvalue weighted by molar-refractivity contribution is -0.385. The number of hydrogen-bond donors (Lipinski definition) is 0. The Hall–Kier alpha value is -2.20. The van der Waals surface area contributed by atoms with E-state index in [4.69, 9.17) is 0 Å². The highest BCUT2D eigenvalue weighted by molar-refractivity contribution is 5.68. The molecule has 136 valence electrons. The minimum Gasteiger partial charge on any atom is -0.297 e. The molecule has 0 bridgehead atoms. The van der Waals surface area contributed by atoms with Crippen LogP contribution in [-0.2, 0) is 12.8 Å². The van der Waals surface area contributed by atoms with Crippen molar-refractivity contribution in [2.75, 3.05) is 6.54 Å². The van der Waals surface area contributed by atoms with Gasteiger partial charge in [0.2, 0.25) is 0 Å². The third-order valence-electron chi connectivity index (χ3n) is 6.22. The second kappa shape index (κ2) is 6.84. The summed E-state index contributed by atoms with van der Waals surface area (Å²) in [6, 6.07) is 13.5. The Balaban J connectivity index is 1.59. The lowest BCUT2D eigenvalue weighted by Gasteiger charge is -2.35. The molecule has 0 spiro atoms. The number of rotatable bonds is 3. The molecule has 1 heterocycles. The summed E-state index contributed by atoms with van der Waals surface area (Å²) < 4.78 is 0. The third kappa shape index (κ3) is 3.14. The Bertz CT molecular complexity index is 846. The molecule has 1 fully saturated rings. The fraction of sp³-hybridized carbons (Fsp3) is 0.455. The molecule has 2 aromatic carbocycles. The molecule has 0 amide bonds. The van der Waals surface area contributed by atoms with Crippen LogP contribution < -0.4 is 0 Å². The SMILES string of the molecule is Cc1ccc(-c2ccc3c(c2)CCC(N2CCCC2C)C3)cc1[N+](=O)[O-]. The Morgan fingerprint density at radius 1 is 1.08 bits per heavy atom. The molecule has 0 aromatic heterocycles. The Labute approximate surface area is 155 Å². The van der Waals surface area contributed by atoms with E-state index in [1.54, 1.807) is 13.0 Å². The summed E-state index contributed by atoms with van der Waals surface area (Å²) in [6.07, 6.45) is 6.11. The third-order valence-corrected chi connectivity index (χ3v) is 6.22. The van der Waals surface area contributed by atoms with Gasteiger partial charge in [-0.25, -0.2) is 0 Å². The van der Waals surface area contributed by atoms with Crippen LogP contribution in [-0.4, -0.2) is 28.5 Å². The van der Waals surface area contributed by atoms with Crippen LogP contribution in [0.4, 0.5) is 5.69 Å². The van der Waals surface area contributed by atoms with Crippen molar-refractivity contribution >= 4 is 5.69 Å². The first-order valence-corrected chi connectivity index (χ1v) is 9.66. The molecule has 2 atom stereocenters. The van der Waals surface area contributed by atoms with Gasteiger partial charge >= 0.3 is 0 Å². The number of nitrogens with zero attached hydrogens (tertiary/aromatic N) is 2. The van der Waals surface area contributed by atoms with Crippen LogP contribution in [0.3, 0.4) is 0 Å². The van der Waals surface area contributed by atoms with Gasteiger partial charge in [-0.1, -0.05) is 30.3 Å². The summed E-state index contributed by atoms with van der Waals surface area (Å²) >= 11 is 0. The van der Waals surface area contributed by atoms with Crippen LogP contribution in [0, 0.1) is 17.0 Å². The summed E-state index contributed by atoms with van der Waals surface area (Å²) in [5.41, 5.74) is 5.78. The predicted molar refractivity (Wildman–Crippen MR) is 104 cm³/mol. The molecule has 4 heteroatoms. The molecule has 0 saturated carbocycles. The molecule has 4 rings (SSSR count). The Kier molecular flexibility index (Phi) is 4.53. The van der Waals surface area contributed by atoms with Gasteiger partial charge in [0.05, 0.1) is 4.92 Å². The van der Waals surface area contributed by atoms with Gasteiger partial charge in [0, 0.05) is 23.7 Å². The second-order valence-corrected chi connectivity index (χ2v) is 7.87. The maximum Gasteiger partial charge on any atom is 0.272 e. The molecular weight excluding hydrogens is 324 g/mol. The fourth-order valence-electron chi connectivity index (χ4n) is 4.68. The van der Waals surface area contributed by atoms with Gasteiger partial charge in [-0.3, -0.25) is 15.0 Å². The van der Waals surface area contributed by atoms with Gasteiger partial charge in [-0.05, 0) is 74.8 Å². The number of hydrogen-bond acceptors (Lipinski definition) is 3. The van der Waals surface area contributed by atoms with Crippen molar-refractivity contribution in [3.05, 3.63) is 63.2 Å². The van der Waals surface area contributed by atoms with Crippen molar-refractivity contribution in [2.24, 2.45) is 0 Å². The van der Waals surface area contributed by atoms with Crippen LogP contribution in [0.25, 0.3) is 11.1 Å². The van der Waals surface area contributed by atoms with E-state index in [0.717, 1.165) is 24.0 Å². The monoisotopic (exact) mass is 350 g/mol. The van der Waals surface area contributed by atoms with Crippen LogP contribution in [0.2, 0.25) is 0 Å². The van der Waals surface area contributed by atoms with Gasteiger partial charge < -0.3 is 0 Å². The highest BCUT2D eigenvalue weighted by Crippen LogP contribution is 2.33. The molecular formula is C22H26N2O2. The number of aryl methyl sites for hydroxylation is 2. The first kappa shape index (κ1) is 17.2. The Morgan fingerprint density at radius 2 is 1.85 bits per heavy atom. The van der Waals surface area contributed by atoms with E-state index in [1.807, 2.05) is 12.1 Å². The minimum atomic E-state index is -0.293. The van der Waals surface area contributed by atoms with Crippen LogP contribution >= 0.6 is 0 Å². The van der Waals surface area contributed by atoms with Crippen LogP contribution in [0.1, 0.15) is 42.9 Å². The number of fused-ring (bicyclic) bond motifs is 1. The summed E-state index contributed by atoms with van der Waals surface area (Å²) in [5.74, 6) is 0. The summed E-state index contributed by atoms with van der Waals surface area (Å²) in [5, 5.41) is 11.2. The van der Waals surface area contributed by atoms with E-state index < -0.39 is 0 Å². The molecule has 0 N–H and O–H groups in total. The van der Waals surface area contributed by atoms with Gasteiger partial charge in [0.25, 0.3) is 5.69 Å². The normalized spacial score (nSPS) is 23.0. The fourth-order valence-corrected chi connectivity index (χ4v) is 4.68. The van der Waals surface area contributed by atoms with E-state index >= 15 is 0 Å². The lowest BCUT2D eigenvalue weighted by atomic mass is 9.85. The first-order chi connectivity index (χ1) is 12.5. The van der Waals surface area contributed by atoms with Crippen molar-refractivity contribution in [2.45, 2.75) is 58.0 Å². The van der Waals surface area contributed by atoms with Crippen molar-refractivity contribution in [1.29, 1.82) is 0 Å². The zero-order valence-corrected chi connectivity index (χ0v) is 15.6. The zero-order chi connectivity index (χ0) is 18.3. The van der Waals surface area contributed by atoms with Crippen molar-refractivity contribution in [3.63, 3.8) is 0 Å². The van der Waals surface area contributed by atoms with Gasteiger partial charge in [0.15, 0.2) is 0 Å². The van der Waals surface area contributed by atoms with Crippen molar-refractivity contribution in [1.82, 2.24) is 4.90 Å². The van der Waals surface area contributed by atoms with Gasteiger partial charge in [0.1, 0.15) is 0 Å². The molecule has 4 nitrogen and oxygen atoms in total. The Morgan fingerprint density at radius 3 is 2.58 bits per heavy atom. The number of nitro groups is 1. The van der Waals surface area contributed by atoms with E-state index in [9.17, 15) is 10.1 Å². The largest absolute Gasteiger partial charge is 0.297 e. The molecule has 2 aliphatic rings. The average molecular weight is 350 g/mol. The van der Waals surface area contributed by atoms with E-state index in [2.05, 4.69) is 30.0 Å². The lowest BCUT2D eigenvalue weighted by Crippen LogP contribution is -2.41. The van der Waals surface area contributed by atoms with Crippen LogP contribution in [0.15, 0.2) is 36.4 Å². The second-order valence-electron chi connectivity index (χ2n) is 7.87. The molecule has 2 unspecified atom stereocenters. The predicted octanol–water partition coefficient (Wildman–Crippen LogP) is 4.91.